The van der Waals surface area contributed by atoms with Gasteiger partial charge in [0.1, 0.15) is 12.1 Å². The lowest BCUT2D eigenvalue weighted by atomic mass is 10.2. The number of hydrogen-bond acceptors (Lipinski definition) is 9. The van der Waals surface area contributed by atoms with Gasteiger partial charge in [-0.05, 0) is 51.9 Å². The molecule has 1 atom stereocenters. The van der Waals surface area contributed by atoms with Crippen molar-refractivity contribution >= 4 is 31.9 Å². The number of esters is 1. The Hall–Kier alpha value is -2.53. The molecule has 0 bridgehead atoms. The summed E-state index contributed by atoms with van der Waals surface area (Å²) in [5.74, 6) is 0.549. The lowest BCUT2D eigenvalue weighted by Crippen LogP contribution is -2.49. The molecule has 0 spiro atoms. The minimum absolute atomic E-state index is 0.000621. The Bertz CT molecular complexity index is 836. The van der Waals surface area contributed by atoms with Crippen molar-refractivity contribution in [2.24, 2.45) is 0 Å². The normalized spacial score (nSPS) is 13.0. The van der Waals surface area contributed by atoms with E-state index in [-0.39, 0.29) is 30.2 Å². The molecule has 0 aliphatic heterocycles. The van der Waals surface area contributed by atoms with E-state index in [0.717, 1.165) is 0 Å². The first kappa shape index (κ1) is 30.5. The van der Waals surface area contributed by atoms with Crippen LogP contribution in [0.1, 0.15) is 48.5 Å². The largest absolute Gasteiger partial charge is 0.481 e. The molecule has 0 radical (unpaired) electrons. The van der Waals surface area contributed by atoms with Crippen LogP contribution in [0.5, 0.6) is 5.88 Å². The lowest BCUT2D eigenvalue weighted by Gasteiger charge is -2.39. The predicted octanol–water partition coefficient (Wildman–Crippen LogP) is 4.39. The number of amides is 1. The molecule has 1 aromatic rings. The Labute approximate surface area is 211 Å². The van der Waals surface area contributed by atoms with Crippen LogP contribution in [0.2, 0.25) is 18.1 Å². The molecule has 0 aliphatic rings. The van der Waals surface area contributed by atoms with Gasteiger partial charge in [-0.1, -0.05) is 20.8 Å². The molecule has 3 N–H and O–H groups in total. The summed E-state index contributed by atoms with van der Waals surface area (Å²) in [5, 5.41) is 9.13. The van der Waals surface area contributed by atoms with Gasteiger partial charge in [-0.15, -0.1) is 0 Å². The summed E-state index contributed by atoms with van der Waals surface area (Å²) in [7, 11) is -0.616. The molecule has 0 aliphatic carbocycles. The van der Waals surface area contributed by atoms with Gasteiger partial charge in [0, 0.05) is 19.2 Å². The minimum atomic E-state index is -2.15. The van der Waals surface area contributed by atoms with Crippen LogP contribution < -0.4 is 20.7 Å². The number of methoxy groups -OCH3 is 1. The van der Waals surface area contributed by atoms with E-state index in [2.05, 4.69) is 54.8 Å². The fourth-order valence-corrected chi connectivity index (χ4v) is 4.04. The van der Waals surface area contributed by atoms with Crippen molar-refractivity contribution in [1.82, 2.24) is 10.3 Å². The third kappa shape index (κ3) is 11.2. The van der Waals surface area contributed by atoms with Crippen LogP contribution in [0.4, 0.5) is 16.3 Å². The quantitative estimate of drug-likeness (QED) is 0.276. The summed E-state index contributed by atoms with van der Waals surface area (Å²) >= 11 is 0. The Kier molecular flexibility index (Phi) is 11.3. The van der Waals surface area contributed by atoms with Gasteiger partial charge >= 0.3 is 12.1 Å². The van der Waals surface area contributed by atoms with Gasteiger partial charge in [0.15, 0.2) is 14.1 Å². The molecule has 0 fully saturated rings. The van der Waals surface area contributed by atoms with Gasteiger partial charge in [0.05, 0.1) is 25.5 Å². The van der Waals surface area contributed by atoms with E-state index in [1.54, 1.807) is 19.1 Å². The van der Waals surface area contributed by atoms with E-state index in [1.807, 2.05) is 20.8 Å². The highest BCUT2D eigenvalue weighted by Gasteiger charge is 2.39. The summed E-state index contributed by atoms with van der Waals surface area (Å²) in [6.07, 6.45) is -0.855. The molecule has 0 saturated heterocycles. The molecular weight excluding hydrogens is 468 g/mol. The highest BCUT2D eigenvalue weighted by molar-refractivity contribution is 6.74. The van der Waals surface area contributed by atoms with Crippen LogP contribution >= 0.6 is 0 Å². The molecule has 200 valence electrons. The van der Waals surface area contributed by atoms with Crippen molar-refractivity contribution in [2.45, 2.75) is 78.3 Å². The van der Waals surface area contributed by atoms with Crippen molar-refractivity contribution < 1.29 is 28.2 Å². The summed E-state index contributed by atoms with van der Waals surface area (Å²) in [6.45, 7) is 18.9. The zero-order valence-corrected chi connectivity index (χ0v) is 24.0. The van der Waals surface area contributed by atoms with Gasteiger partial charge in [0.2, 0.25) is 5.88 Å². The van der Waals surface area contributed by atoms with Crippen molar-refractivity contribution in [3.63, 3.8) is 0 Å². The van der Waals surface area contributed by atoms with Crippen LogP contribution in [-0.4, -0.2) is 70.4 Å². The monoisotopic (exact) mass is 512 g/mol. The average molecular weight is 513 g/mol. The maximum atomic E-state index is 12.3. The number of hydrogen-bond donors (Lipinski definition) is 3. The molecule has 11 heteroatoms. The second-order valence-corrected chi connectivity index (χ2v) is 15.4. The number of aromatic nitrogens is 1. The maximum Gasteiger partial charge on any atom is 0.407 e. The van der Waals surface area contributed by atoms with Gasteiger partial charge < -0.3 is 34.6 Å². The number of nitrogens with zero attached hydrogens (tertiary/aromatic N) is 1. The van der Waals surface area contributed by atoms with E-state index in [0.29, 0.717) is 30.5 Å². The van der Waals surface area contributed by atoms with Crippen LogP contribution in [0.25, 0.3) is 0 Å². The Morgan fingerprint density at radius 1 is 1.06 bits per heavy atom. The van der Waals surface area contributed by atoms with Crippen molar-refractivity contribution in [3.05, 3.63) is 12.1 Å². The van der Waals surface area contributed by atoms with Crippen LogP contribution in [0, 0.1) is 0 Å². The Morgan fingerprint density at radius 2 is 1.71 bits per heavy atom. The maximum absolute atomic E-state index is 12.3. The van der Waals surface area contributed by atoms with Crippen molar-refractivity contribution in [3.8, 4) is 5.88 Å². The standard InChI is InChI=1S/C24H44N4O6Si/c1-11-32-20(29)16-25-18-12-13-19(31-8)28-21(18)26-14-17(34-35(9,10)24(5,6)7)15-27-22(30)33-23(2,3)4/h12-13,17,25H,11,14-16H2,1-10H3,(H,26,28)(H,27,30)/t17-/m0/s1. The number of carbonyl (C=O) groups excluding carboxylic acids is 2. The van der Waals surface area contributed by atoms with E-state index in [1.165, 1.54) is 7.11 Å². The number of rotatable bonds is 12. The summed E-state index contributed by atoms with van der Waals surface area (Å²) in [5.41, 5.74) is 0.0207. The Balaban J connectivity index is 3.03. The highest BCUT2D eigenvalue weighted by atomic mass is 28.4. The average Bonchev–Trinajstić information content (AvgIpc) is 2.72. The molecular formula is C24H44N4O6Si. The number of anilines is 2. The highest BCUT2D eigenvalue weighted by Crippen LogP contribution is 2.37. The van der Waals surface area contributed by atoms with Crippen LogP contribution in [0.15, 0.2) is 12.1 Å². The second-order valence-electron chi connectivity index (χ2n) is 10.7. The molecule has 0 aromatic carbocycles. The SMILES string of the molecule is CCOC(=O)CNc1ccc(OC)nc1NC[C@@H](CNC(=O)OC(C)(C)C)O[Si](C)(C)C(C)(C)C. The first-order chi connectivity index (χ1) is 16.1. The molecule has 0 saturated carbocycles. The number of carbonyl (C=O) groups is 2. The topological polar surface area (TPSA) is 120 Å². The summed E-state index contributed by atoms with van der Waals surface area (Å²) in [4.78, 5) is 28.5. The predicted molar refractivity (Wildman–Crippen MR) is 141 cm³/mol. The number of ether oxygens (including phenoxy) is 3. The fraction of sp³-hybridized carbons (Fsp3) is 0.708. The molecule has 1 amide bonds. The fourth-order valence-electron chi connectivity index (χ4n) is 2.68. The second kappa shape index (κ2) is 13.0. The molecule has 1 rings (SSSR count). The summed E-state index contributed by atoms with van der Waals surface area (Å²) < 4.78 is 22.2. The third-order valence-corrected chi connectivity index (χ3v) is 9.98. The smallest absolute Gasteiger partial charge is 0.407 e. The first-order valence-corrected chi connectivity index (χ1v) is 14.8. The molecule has 35 heavy (non-hydrogen) atoms. The molecule has 1 aromatic heterocycles. The van der Waals surface area contributed by atoms with Gasteiger partial charge in [0.25, 0.3) is 0 Å². The third-order valence-electron chi connectivity index (χ3n) is 5.44. The lowest BCUT2D eigenvalue weighted by molar-refractivity contribution is -0.140. The van der Waals surface area contributed by atoms with Gasteiger partial charge in [-0.2, -0.15) is 4.98 Å². The van der Waals surface area contributed by atoms with Gasteiger partial charge in [-0.3, -0.25) is 4.79 Å². The van der Waals surface area contributed by atoms with Gasteiger partial charge in [-0.25, -0.2) is 4.79 Å². The van der Waals surface area contributed by atoms with E-state index in [9.17, 15) is 9.59 Å². The minimum Gasteiger partial charge on any atom is -0.481 e. The summed E-state index contributed by atoms with van der Waals surface area (Å²) in [6, 6.07) is 3.47. The number of pyridine rings is 1. The number of nitrogens with one attached hydrogen (secondary N) is 3. The Morgan fingerprint density at radius 3 is 2.26 bits per heavy atom. The van der Waals surface area contributed by atoms with E-state index < -0.39 is 20.0 Å². The first-order valence-electron chi connectivity index (χ1n) is 11.9. The van der Waals surface area contributed by atoms with Crippen LogP contribution in [-0.2, 0) is 18.7 Å². The zero-order valence-electron chi connectivity index (χ0n) is 23.0. The van der Waals surface area contributed by atoms with Crippen molar-refractivity contribution in [1.29, 1.82) is 0 Å². The van der Waals surface area contributed by atoms with E-state index in [4.69, 9.17) is 18.6 Å². The van der Waals surface area contributed by atoms with E-state index >= 15 is 0 Å². The molecule has 1 heterocycles. The molecule has 10 nitrogen and oxygen atoms in total. The number of alkyl carbamates (subject to hydrolysis) is 1. The molecule has 0 unspecified atom stereocenters. The zero-order chi connectivity index (χ0) is 26.9. The van der Waals surface area contributed by atoms with Crippen LogP contribution in [0.3, 0.4) is 0 Å². The van der Waals surface area contributed by atoms with Crippen molar-refractivity contribution in [2.75, 3.05) is 44.0 Å².